The molecule has 1 N–H and O–H groups in total. The molecule has 130 valence electrons. The maximum atomic E-state index is 8.38. The van der Waals surface area contributed by atoms with Crippen LogP contribution in [0.2, 0.25) is 0 Å². The van der Waals surface area contributed by atoms with E-state index in [-0.39, 0.29) is 6.04 Å². The smallest absolute Gasteiger partial charge is 0.178 e. The van der Waals surface area contributed by atoms with E-state index in [1.54, 1.807) is 5.01 Å². The van der Waals surface area contributed by atoms with E-state index < -0.39 is 0 Å². The quantitative estimate of drug-likeness (QED) is 0.903. The number of nitrogens with one attached hydrogen (secondary N) is 1. The SMILES string of the molecule is CCN(CC)c1ccc(N=C2C(=N)N(C(C)C)N=C2N(C)C)cc1. The van der Waals surface area contributed by atoms with Crippen LogP contribution in [0, 0.1) is 5.41 Å². The van der Waals surface area contributed by atoms with Crippen LogP contribution < -0.4 is 4.90 Å². The first kappa shape index (κ1) is 18.0. The number of benzene rings is 1. The molecule has 1 aliphatic heterocycles. The molecular formula is C18H28N6. The molecule has 0 saturated heterocycles. The van der Waals surface area contributed by atoms with Gasteiger partial charge in [0.1, 0.15) is 0 Å². The predicted molar refractivity (Wildman–Crippen MR) is 103 cm³/mol. The van der Waals surface area contributed by atoms with Crippen LogP contribution in [0.4, 0.5) is 11.4 Å². The van der Waals surface area contributed by atoms with Crippen LogP contribution in [0.1, 0.15) is 27.7 Å². The van der Waals surface area contributed by atoms with Crippen LogP contribution in [-0.4, -0.2) is 60.5 Å². The van der Waals surface area contributed by atoms with Crippen LogP contribution in [-0.2, 0) is 0 Å². The Morgan fingerprint density at radius 1 is 1.12 bits per heavy atom. The van der Waals surface area contributed by atoms with Gasteiger partial charge in [-0.2, -0.15) is 5.10 Å². The van der Waals surface area contributed by atoms with Crippen LogP contribution in [0.3, 0.4) is 0 Å². The van der Waals surface area contributed by atoms with Gasteiger partial charge in [-0.3, -0.25) is 5.41 Å². The number of hydrogen-bond acceptors (Lipinski definition) is 5. The van der Waals surface area contributed by atoms with E-state index in [2.05, 4.69) is 41.0 Å². The van der Waals surface area contributed by atoms with E-state index in [9.17, 15) is 0 Å². The highest BCUT2D eigenvalue weighted by Crippen LogP contribution is 2.22. The molecule has 24 heavy (non-hydrogen) atoms. The second-order valence-corrected chi connectivity index (χ2v) is 6.25. The predicted octanol–water partition coefficient (Wildman–Crippen LogP) is 3.18. The van der Waals surface area contributed by atoms with E-state index in [4.69, 9.17) is 5.41 Å². The number of hydrogen-bond donors (Lipinski definition) is 1. The Hall–Kier alpha value is -2.37. The van der Waals surface area contributed by atoms with Gasteiger partial charge in [0.15, 0.2) is 17.4 Å². The topological polar surface area (TPSA) is 58.3 Å². The van der Waals surface area contributed by atoms with Crippen molar-refractivity contribution in [2.75, 3.05) is 32.1 Å². The molecule has 0 unspecified atom stereocenters. The minimum atomic E-state index is 0.130. The highest BCUT2D eigenvalue weighted by atomic mass is 15.5. The van der Waals surface area contributed by atoms with Crippen LogP contribution in [0.25, 0.3) is 0 Å². The average Bonchev–Trinajstić information content (AvgIpc) is 2.87. The molecule has 0 amide bonds. The number of aliphatic imine (C=N–C) groups is 1. The van der Waals surface area contributed by atoms with E-state index in [0.29, 0.717) is 11.5 Å². The molecule has 1 heterocycles. The summed E-state index contributed by atoms with van der Waals surface area (Å²) in [6.45, 7) is 10.3. The summed E-state index contributed by atoms with van der Waals surface area (Å²) in [7, 11) is 3.85. The fourth-order valence-corrected chi connectivity index (χ4v) is 2.65. The van der Waals surface area contributed by atoms with Crippen molar-refractivity contribution in [3.8, 4) is 0 Å². The van der Waals surface area contributed by atoms with Crippen LogP contribution >= 0.6 is 0 Å². The van der Waals surface area contributed by atoms with Crippen molar-refractivity contribution in [2.24, 2.45) is 10.1 Å². The van der Waals surface area contributed by atoms with Crippen molar-refractivity contribution >= 4 is 28.8 Å². The molecule has 0 spiro atoms. The summed E-state index contributed by atoms with van der Waals surface area (Å²) in [5, 5.41) is 14.6. The third-order valence-electron chi connectivity index (χ3n) is 4.00. The molecular weight excluding hydrogens is 300 g/mol. The lowest BCUT2D eigenvalue weighted by atomic mass is 10.2. The minimum absolute atomic E-state index is 0.130. The Morgan fingerprint density at radius 3 is 2.17 bits per heavy atom. The van der Waals surface area contributed by atoms with Gasteiger partial charge in [0.25, 0.3) is 0 Å². The van der Waals surface area contributed by atoms with Gasteiger partial charge in [-0.1, -0.05) is 0 Å². The highest BCUT2D eigenvalue weighted by Gasteiger charge is 2.31. The van der Waals surface area contributed by atoms with Gasteiger partial charge in [0.05, 0.1) is 5.69 Å². The molecule has 0 radical (unpaired) electrons. The fourth-order valence-electron chi connectivity index (χ4n) is 2.65. The van der Waals surface area contributed by atoms with Crippen LogP contribution in [0.15, 0.2) is 34.4 Å². The minimum Gasteiger partial charge on any atom is -0.372 e. The summed E-state index contributed by atoms with van der Waals surface area (Å²) in [6, 6.07) is 8.29. The zero-order valence-electron chi connectivity index (χ0n) is 15.5. The number of amidine groups is 2. The van der Waals surface area contributed by atoms with E-state index in [0.717, 1.165) is 24.6 Å². The molecule has 0 aliphatic carbocycles. The summed E-state index contributed by atoms with van der Waals surface area (Å²) < 4.78 is 0. The standard InChI is InChI=1S/C18H28N6/c1-7-23(8-2)15-11-9-14(10-12-15)20-16-17(19)24(13(3)4)21-18(16)22(5)6/h9-13,19H,7-8H2,1-6H3. The summed E-state index contributed by atoms with van der Waals surface area (Å²) in [4.78, 5) is 8.88. The number of anilines is 1. The monoisotopic (exact) mass is 328 g/mol. The lowest BCUT2D eigenvalue weighted by molar-refractivity contribution is 0.372. The number of rotatable bonds is 5. The van der Waals surface area contributed by atoms with E-state index >= 15 is 0 Å². The molecule has 0 aromatic heterocycles. The van der Waals surface area contributed by atoms with Gasteiger partial charge in [-0.15, -0.1) is 0 Å². The van der Waals surface area contributed by atoms with E-state index in [1.165, 1.54) is 5.69 Å². The Balaban J connectivity index is 2.32. The number of nitrogens with zero attached hydrogens (tertiary/aromatic N) is 5. The molecule has 2 rings (SSSR count). The summed E-state index contributed by atoms with van der Waals surface area (Å²) in [5.74, 6) is 1.07. The molecule has 6 nitrogen and oxygen atoms in total. The first-order valence-corrected chi connectivity index (χ1v) is 8.47. The first-order valence-electron chi connectivity index (χ1n) is 8.47. The number of hydrazone groups is 1. The lowest BCUT2D eigenvalue weighted by Gasteiger charge is -2.20. The molecule has 1 aliphatic rings. The Morgan fingerprint density at radius 2 is 1.71 bits per heavy atom. The third-order valence-corrected chi connectivity index (χ3v) is 4.00. The first-order chi connectivity index (χ1) is 11.4. The zero-order valence-corrected chi connectivity index (χ0v) is 15.5. The van der Waals surface area contributed by atoms with Gasteiger partial charge >= 0.3 is 0 Å². The largest absolute Gasteiger partial charge is 0.372 e. The Kier molecular flexibility index (Phi) is 5.59. The normalized spacial score (nSPS) is 16.1. The van der Waals surface area contributed by atoms with Crippen molar-refractivity contribution in [3.05, 3.63) is 24.3 Å². The van der Waals surface area contributed by atoms with Gasteiger partial charge in [0.2, 0.25) is 0 Å². The van der Waals surface area contributed by atoms with Crippen molar-refractivity contribution in [3.63, 3.8) is 0 Å². The second-order valence-electron chi connectivity index (χ2n) is 6.25. The van der Waals surface area contributed by atoms with Gasteiger partial charge in [-0.05, 0) is 52.0 Å². The molecule has 0 atom stereocenters. The molecule has 1 aromatic carbocycles. The molecule has 0 fully saturated rings. The lowest BCUT2D eigenvalue weighted by Crippen LogP contribution is -2.34. The van der Waals surface area contributed by atoms with Crippen molar-refractivity contribution in [1.29, 1.82) is 5.41 Å². The molecule has 1 aromatic rings. The fraction of sp³-hybridized carbons (Fsp3) is 0.500. The van der Waals surface area contributed by atoms with Crippen molar-refractivity contribution in [2.45, 2.75) is 33.7 Å². The summed E-state index contributed by atoms with van der Waals surface area (Å²) in [5.41, 5.74) is 2.64. The average molecular weight is 328 g/mol. The Bertz CT molecular complexity index is 638. The molecule has 0 saturated carbocycles. The molecule has 0 bridgehead atoms. The highest BCUT2D eigenvalue weighted by molar-refractivity contribution is 6.69. The summed E-state index contributed by atoms with van der Waals surface area (Å²) in [6.07, 6.45) is 0. The van der Waals surface area contributed by atoms with E-state index in [1.807, 2.05) is 45.0 Å². The van der Waals surface area contributed by atoms with Crippen LogP contribution in [0.5, 0.6) is 0 Å². The van der Waals surface area contributed by atoms with Gasteiger partial charge < -0.3 is 9.80 Å². The van der Waals surface area contributed by atoms with Gasteiger partial charge in [0, 0.05) is 38.9 Å². The van der Waals surface area contributed by atoms with Crippen molar-refractivity contribution < 1.29 is 0 Å². The Labute approximate surface area is 145 Å². The maximum absolute atomic E-state index is 8.38. The van der Waals surface area contributed by atoms with Crippen molar-refractivity contribution in [1.82, 2.24) is 9.91 Å². The zero-order chi connectivity index (χ0) is 17.9. The third kappa shape index (κ3) is 3.58. The second kappa shape index (κ2) is 7.47. The summed E-state index contributed by atoms with van der Waals surface area (Å²) >= 11 is 0. The van der Waals surface area contributed by atoms with Gasteiger partial charge in [-0.25, -0.2) is 10.0 Å². The molecule has 6 heteroatoms. The maximum Gasteiger partial charge on any atom is 0.178 e.